The van der Waals surface area contributed by atoms with Gasteiger partial charge in [-0.1, -0.05) is 22.0 Å². The second-order valence-corrected chi connectivity index (χ2v) is 5.67. The molecule has 1 N–H and O–H groups in total. The molecule has 0 aliphatic heterocycles. The summed E-state index contributed by atoms with van der Waals surface area (Å²) in [7, 11) is 1.49. The van der Waals surface area contributed by atoms with Crippen LogP contribution in [0.4, 0.5) is 13.2 Å². The van der Waals surface area contributed by atoms with Gasteiger partial charge in [-0.25, -0.2) is 5.48 Å². The number of hydrogen-bond acceptors (Lipinski definition) is 3. The number of hydroxylamine groups is 1. The van der Waals surface area contributed by atoms with Crippen molar-refractivity contribution in [2.24, 2.45) is 0 Å². The van der Waals surface area contributed by atoms with Crippen LogP contribution in [0.5, 0.6) is 5.75 Å². The van der Waals surface area contributed by atoms with E-state index in [1.807, 2.05) is 0 Å². The van der Waals surface area contributed by atoms with Gasteiger partial charge in [0.05, 0.1) is 12.7 Å². The highest BCUT2D eigenvalue weighted by Crippen LogP contribution is 2.29. The highest BCUT2D eigenvalue weighted by atomic mass is 79.9. The monoisotopic (exact) mass is 403 g/mol. The fraction of sp³-hybridized carbons (Fsp3) is 0.188. The summed E-state index contributed by atoms with van der Waals surface area (Å²) in [6, 6.07) is 9.33. The number of nitrogens with one attached hydrogen (secondary N) is 1. The second-order valence-electron chi connectivity index (χ2n) is 4.75. The number of rotatable bonds is 5. The van der Waals surface area contributed by atoms with E-state index in [1.54, 1.807) is 18.2 Å². The third-order valence-electron chi connectivity index (χ3n) is 3.09. The molecular formula is C16H13BrF3NO3. The van der Waals surface area contributed by atoms with Crippen molar-refractivity contribution in [1.29, 1.82) is 0 Å². The molecule has 0 saturated heterocycles. The lowest BCUT2D eigenvalue weighted by molar-refractivity contribution is -0.137. The number of alkyl halides is 3. The fourth-order valence-electron chi connectivity index (χ4n) is 1.94. The summed E-state index contributed by atoms with van der Waals surface area (Å²) >= 11 is 3.30. The fourth-order valence-corrected chi connectivity index (χ4v) is 2.34. The zero-order valence-electron chi connectivity index (χ0n) is 12.5. The number of ether oxygens (including phenoxy) is 1. The van der Waals surface area contributed by atoms with Crippen LogP contribution in [0.3, 0.4) is 0 Å². The lowest BCUT2D eigenvalue weighted by Gasteiger charge is -2.11. The number of methoxy groups -OCH3 is 1. The predicted molar refractivity (Wildman–Crippen MR) is 84.4 cm³/mol. The van der Waals surface area contributed by atoms with Crippen LogP contribution in [0.2, 0.25) is 0 Å². The standard InChI is InChI=1S/C16H13BrF3NO3/c1-23-14-6-5-13(17)8-11(14)9-24-21-15(22)10-3-2-4-12(7-10)16(18,19)20/h2-8H,9H2,1H3,(H,21,22). The molecule has 0 bridgehead atoms. The Kier molecular flexibility index (Phi) is 5.84. The molecule has 4 nitrogen and oxygen atoms in total. The Morgan fingerprint density at radius 1 is 1.21 bits per heavy atom. The van der Waals surface area contributed by atoms with Gasteiger partial charge in [-0.3, -0.25) is 9.63 Å². The maximum atomic E-state index is 12.6. The Labute approximate surface area is 144 Å². The molecule has 2 aromatic rings. The highest BCUT2D eigenvalue weighted by molar-refractivity contribution is 9.10. The molecule has 1 amide bonds. The number of hydrogen-bond donors (Lipinski definition) is 1. The van der Waals surface area contributed by atoms with Crippen molar-refractivity contribution < 1.29 is 27.5 Å². The minimum Gasteiger partial charge on any atom is -0.496 e. The lowest BCUT2D eigenvalue weighted by Crippen LogP contribution is -2.24. The van der Waals surface area contributed by atoms with Gasteiger partial charge in [0.15, 0.2) is 0 Å². The Balaban J connectivity index is 2.00. The minimum atomic E-state index is -4.51. The van der Waals surface area contributed by atoms with Gasteiger partial charge in [0.25, 0.3) is 5.91 Å². The Morgan fingerprint density at radius 2 is 1.96 bits per heavy atom. The molecule has 0 unspecified atom stereocenters. The Morgan fingerprint density at radius 3 is 2.62 bits per heavy atom. The molecule has 0 saturated carbocycles. The van der Waals surface area contributed by atoms with Crippen LogP contribution in [-0.4, -0.2) is 13.0 Å². The number of benzene rings is 2. The molecule has 8 heteroatoms. The van der Waals surface area contributed by atoms with Gasteiger partial charge in [-0.05, 0) is 36.4 Å². The quantitative estimate of drug-likeness (QED) is 0.755. The SMILES string of the molecule is COc1ccc(Br)cc1CONC(=O)c1cccc(C(F)(F)F)c1. The number of halogens is 4. The first-order valence-electron chi connectivity index (χ1n) is 6.73. The predicted octanol–water partition coefficient (Wildman–Crippen LogP) is 4.34. The van der Waals surface area contributed by atoms with E-state index in [-0.39, 0.29) is 12.2 Å². The van der Waals surface area contributed by atoms with Crippen molar-refractivity contribution in [2.75, 3.05) is 7.11 Å². The van der Waals surface area contributed by atoms with Gasteiger partial charge in [0, 0.05) is 15.6 Å². The van der Waals surface area contributed by atoms with E-state index in [9.17, 15) is 18.0 Å². The molecule has 24 heavy (non-hydrogen) atoms. The summed E-state index contributed by atoms with van der Waals surface area (Å²) in [4.78, 5) is 17.0. The third kappa shape index (κ3) is 4.72. The van der Waals surface area contributed by atoms with Crippen LogP contribution in [-0.2, 0) is 17.6 Å². The smallest absolute Gasteiger partial charge is 0.416 e. The van der Waals surface area contributed by atoms with Crippen molar-refractivity contribution in [2.45, 2.75) is 12.8 Å². The van der Waals surface area contributed by atoms with E-state index in [0.29, 0.717) is 11.3 Å². The van der Waals surface area contributed by atoms with Crippen molar-refractivity contribution >= 4 is 21.8 Å². The molecule has 2 aromatic carbocycles. The van der Waals surface area contributed by atoms with E-state index in [4.69, 9.17) is 9.57 Å². The van der Waals surface area contributed by atoms with E-state index in [2.05, 4.69) is 21.4 Å². The Hall–Kier alpha value is -2.06. The summed E-state index contributed by atoms with van der Waals surface area (Å²) in [6.07, 6.45) is -4.51. The van der Waals surface area contributed by atoms with Gasteiger partial charge < -0.3 is 4.74 Å². The zero-order chi connectivity index (χ0) is 17.7. The molecule has 0 aliphatic carbocycles. The largest absolute Gasteiger partial charge is 0.496 e. The molecule has 0 aromatic heterocycles. The van der Waals surface area contributed by atoms with Crippen molar-refractivity contribution in [3.63, 3.8) is 0 Å². The zero-order valence-corrected chi connectivity index (χ0v) is 14.1. The lowest BCUT2D eigenvalue weighted by atomic mass is 10.1. The number of carbonyl (C=O) groups excluding carboxylic acids is 1. The van der Waals surface area contributed by atoms with Gasteiger partial charge >= 0.3 is 6.18 Å². The average molecular weight is 404 g/mol. The van der Waals surface area contributed by atoms with Crippen molar-refractivity contribution in [3.05, 3.63) is 63.6 Å². The first kappa shape index (κ1) is 18.3. The molecule has 0 fully saturated rings. The maximum Gasteiger partial charge on any atom is 0.416 e. The normalized spacial score (nSPS) is 11.2. The summed E-state index contributed by atoms with van der Waals surface area (Å²) in [5.41, 5.74) is 1.74. The minimum absolute atomic E-state index is 0.00663. The second kappa shape index (κ2) is 7.67. The van der Waals surface area contributed by atoms with Crippen molar-refractivity contribution in [1.82, 2.24) is 5.48 Å². The molecule has 0 heterocycles. The molecule has 0 spiro atoms. The van der Waals surface area contributed by atoms with Crippen LogP contribution < -0.4 is 10.2 Å². The van der Waals surface area contributed by atoms with Gasteiger partial charge in [0.1, 0.15) is 12.4 Å². The van der Waals surface area contributed by atoms with Gasteiger partial charge in [-0.15, -0.1) is 0 Å². The van der Waals surface area contributed by atoms with E-state index >= 15 is 0 Å². The summed E-state index contributed by atoms with van der Waals surface area (Å²) in [6.45, 7) is -0.00663. The van der Waals surface area contributed by atoms with Crippen LogP contribution in [0.25, 0.3) is 0 Å². The van der Waals surface area contributed by atoms with Crippen LogP contribution in [0.1, 0.15) is 21.5 Å². The molecule has 0 aliphatic rings. The maximum absolute atomic E-state index is 12.6. The van der Waals surface area contributed by atoms with Crippen LogP contribution >= 0.6 is 15.9 Å². The van der Waals surface area contributed by atoms with Gasteiger partial charge in [-0.2, -0.15) is 13.2 Å². The first-order valence-corrected chi connectivity index (χ1v) is 7.52. The molecule has 0 radical (unpaired) electrons. The van der Waals surface area contributed by atoms with Crippen LogP contribution in [0.15, 0.2) is 46.9 Å². The van der Waals surface area contributed by atoms with Crippen molar-refractivity contribution in [3.8, 4) is 5.75 Å². The summed E-state index contributed by atoms with van der Waals surface area (Å²) < 4.78 is 43.9. The van der Waals surface area contributed by atoms with E-state index < -0.39 is 17.6 Å². The number of amides is 1. The third-order valence-corrected chi connectivity index (χ3v) is 3.58. The summed E-state index contributed by atoms with van der Waals surface area (Å²) in [5.74, 6) is -0.207. The molecule has 0 atom stereocenters. The van der Waals surface area contributed by atoms with E-state index in [0.717, 1.165) is 22.7 Å². The Bertz CT molecular complexity index is 735. The first-order chi connectivity index (χ1) is 11.3. The van der Waals surface area contributed by atoms with Crippen LogP contribution in [0, 0.1) is 0 Å². The highest BCUT2D eigenvalue weighted by Gasteiger charge is 2.30. The average Bonchev–Trinajstić information content (AvgIpc) is 2.54. The molecule has 2 rings (SSSR count). The topological polar surface area (TPSA) is 47.6 Å². The summed E-state index contributed by atoms with van der Waals surface area (Å²) in [5, 5.41) is 0. The van der Waals surface area contributed by atoms with E-state index in [1.165, 1.54) is 13.2 Å². The number of carbonyl (C=O) groups is 1. The molecule has 128 valence electrons. The molecular weight excluding hydrogens is 391 g/mol. The van der Waals surface area contributed by atoms with Gasteiger partial charge in [0.2, 0.25) is 0 Å².